The minimum atomic E-state index is 0.640. The molecule has 4 aromatic heterocycles. The number of rotatable bonds is 3. The van der Waals surface area contributed by atoms with Gasteiger partial charge >= 0.3 is 0 Å². The molecule has 4 aromatic rings. The number of H-pyrrole nitrogens is 1. The molecular weight excluding hydrogens is 278 g/mol. The fourth-order valence-electron chi connectivity index (χ4n) is 2.14. The van der Waals surface area contributed by atoms with E-state index in [2.05, 4.69) is 30.2 Å². The van der Waals surface area contributed by atoms with Gasteiger partial charge in [-0.3, -0.25) is 10.1 Å². The third-order valence-electron chi connectivity index (χ3n) is 3.20. The average Bonchev–Trinajstić information content (AvgIpc) is 3.28. The van der Waals surface area contributed by atoms with Crippen LogP contribution in [-0.2, 0) is 0 Å². The maximum absolute atomic E-state index is 4.59. The standard InChI is InChI=1S/C15H11N7/c1-4-13(20-14(5-1)15-17-10-18-21-15)11-7-19-22(9-11)12-3-2-6-16-8-12/h1-10H,(H,17,18,21). The van der Waals surface area contributed by atoms with E-state index < -0.39 is 0 Å². The van der Waals surface area contributed by atoms with Gasteiger partial charge in [0.05, 0.1) is 23.8 Å². The lowest BCUT2D eigenvalue weighted by molar-refractivity contribution is 0.874. The first-order chi connectivity index (χ1) is 10.9. The summed E-state index contributed by atoms with van der Waals surface area (Å²) in [4.78, 5) is 12.8. The number of hydrogen-bond acceptors (Lipinski definition) is 5. The van der Waals surface area contributed by atoms with Gasteiger partial charge < -0.3 is 0 Å². The lowest BCUT2D eigenvalue weighted by atomic mass is 10.2. The van der Waals surface area contributed by atoms with E-state index in [9.17, 15) is 0 Å². The minimum Gasteiger partial charge on any atom is -0.262 e. The van der Waals surface area contributed by atoms with Crippen molar-refractivity contribution in [2.75, 3.05) is 0 Å². The molecular formula is C15H11N7. The zero-order chi connectivity index (χ0) is 14.8. The lowest BCUT2D eigenvalue weighted by Crippen LogP contribution is -1.93. The molecule has 1 N–H and O–H groups in total. The molecule has 0 saturated carbocycles. The maximum atomic E-state index is 4.59. The second-order valence-electron chi connectivity index (χ2n) is 4.63. The minimum absolute atomic E-state index is 0.640. The van der Waals surface area contributed by atoms with Crippen LogP contribution >= 0.6 is 0 Å². The van der Waals surface area contributed by atoms with Crippen molar-refractivity contribution in [2.24, 2.45) is 0 Å². The lowest BCUT2D eigenvalue weighted by Gasteiger charge is -2.00. The van der Waals surface area contributed by atoms with Crippen LogP contribution in [0.2, 0.25) is 0 Å². The van der Waals surface area contributed by atoms with Gasteiger partial charge in [-0.05, 0) is 24.3 Å². The Labute approximate surface area is 125 Å². The molecule has 7 nitrogen and oxygen atoms in total. The predicted molar refractivity (Wildman–Crippen MR) is 80.0 cm³/mol. The van der Waals surface area contributed by atoms with E-state index in [0.29, 0.717) is 5.82 Å². The van der Waals surface area contributed by atoms with Gasteiger partial charge in [0.15, 0.2) is 5.82 Å². The van der Waals surface area contributed by atoms with Crippen molar-refractivity contribution >= 4 is 0 Å². The number of aromatic nitrogens is 7. The first-order valence-electron chi connectivity index (χ1n) is 6.68. The average molecular weight is 289 g/mol. The Morgan fingerprint density at radius 2 is 1.95 bits per heavy atom. The van der Waals surface area contributed by atoms with Gasteiger partial charge in [0, 0.05) is 18.0 Å². The second kappa shape index (κ2) is 5.21. The van der Waals surface area contributed by atoms with Gasteiger partial charge in [-0.25, -0.2) is 14.6 Å². The number of nitrogens with one attached hydrogen (secondary N) is 1. The molecule has 0 aliphatic carbocycles. The summed E-state index contributed by atoms with van der Waals surface area (Å²) in [5.41, 5.74) is 3.39. The monoisotopic (exact) mass is 289 g/mol. The zero-order valence-corrected chi connectivity index (χ0v) is 11.5. The first-order valence-corrected chi connectivity index (χ1v) is 6.68. The van der Waals surface area contributed by atoms with Gasteiger partial charge in [-0.15, -0.1) is 0 Å². The molecule has 4 rings (SSSR count). The van der Waals surface area contributed by atoms with E-state index in [1.807, 2.05) is 36.5 Å². The molecule has 0 spiro atoms. The third kappa shape index (κ3) is 2.24. The van der Waals surface area contributed by atoms with Gasteiger partial charge in [-0.1, -0.05) is 6.07 Å². The summed E-state index contributed by atoms with van der Waals surface area (Å²) < 4.78 is 1.77. The summed E-state index contributed by atoms with van der Waals surface area (Å²) in [6, 6.07) is 9.57. The van der Waals surface area contributed by atoms with Crippen LogP contribution < -0.4 is 0 Å². The van der Waals surface area contributed by atoms with E-state index in [1.54, 1.807) is 23.3 Å². The normalized spacial score (nSPS) is 10.7. The Kier molecular flexibility index (Phi) is 2.93. The van der Waals surface area contributed by atoms with Crippen LogP contribution in [0.5, 0.6) is 0 Å². The van der Waals surface area contributed by atoms with E-state index in [-0.39, 0.29) is 0 Å². The summed E-state index contributed by atoms with van der Waals surface area (Å²) in [6.07, 6.45) is 8.65. The maximum Gasteiger partial charge on any atom is 0.174 e. The van der Waals surface area contributed by atoms with Crippen molar-refractivity contribution in [2.45, 2.75) is 0 Å². The summed E-state index contributed by atoms with van der Waals surface area (Å²) >= 11 is 0. The summed E-state index contributed by atoms with van der Waals surface area (Å²) in [6.45, 7) is 0. The molecule has 0 saturated heterocycles. The molecule has 0 amide bonds. The summed E-state index contributed by atoms with van der Waals surface area (Å²) in [5, 5.41) is 11.0. The van der Waals surface area contributed by atoms with Crippen LogP contribution in [0.3, 0.4) is 0 Å². The Balaban J connectivity index is 1.71. The summed E-state index contributed by atoms with van der Waals surface area (Å²) in [5.74, 6) is 0.640. The fourth-order valence-corrected chi connectivity index (χ4v) is 2.14. The number of nitrogens with zero attached hydrogens (tertiary/aromatic N) is 6. The van der Waals surface area contributed by atoms with E-state index in [1.165, 1.54) is 6.33 Å². The molecule has 0 unspecified atom stereocenters. The van der Waals surface area contributed by atoms with Gasteiger partial charge in [0.2, 0.25) is 0 Å². The van der Waals surface area contributed by atoms with Crippen LogP contribution in [0.15, 0.2) is 61.4 Å². The molecule has 7 heteroatoms. The highest BCUT2D eigenvalue weighted by Crippen LogP contribution is 2.20. The molecule has 0 atom stereocenters. The molecule has 0 fully saturated rings. The fraction of sp³-hybridized carbons (Fsp3) is 0. The Morgan fingerprint density at radius 1 is 1.00 bits per heavy atom. The quantitative estimate of drug-likeness (QED) is 0.624. The Hall–Kier alpha value is -3.35. The molecule has 4 heterocycles. The largest absolute Gasteiger partial charge is 0.262 e. The molecule has 22 heavy (non-hydrogen) atoms. The second-order valence-corrected chi connectivity index (χ2v) is 4.63. The van der Waals surface area contributed by atoms with Gasteiger partial charge in [0.25, 0.3) is 0 Å². The number of pyridine rings is 2. The molecule has 0 bridgehead atoms. The highest BCUT2D eigenvalue weighted by atomic mass is 15.3. The number of hydrogen-bond donors (Lipinski definition) is 1. The van der Waals surface area contributed by atoms with Crippen molar-refractivity contribution < 1.29 is 0 Å². The third-order valence-corrected chi connectivity index (χ3v) is 3.20. The topological polar surface area (TPSA) is 85.2 Å². The van der Waals surface area contributed by atoms with Crippen molar-refractivity contribution in [3.63, 3.8) is 0 Å². The van der Waals surface area contributed by atoms with Crippen LogP contribution in [0.1, 0.15) is 0 Å². The SMILES string of the molecule is c1cncc(-n2cc(-c3cccc(-c4ncn[nH]4)n3)cn2)c1. The van der Waals surface area contributed by atoms with Crippen molar-refractivity contribution in [3.05, 3.63) is 61.4 Å². The van der Waals surface area contributed by atoms with Crippen LogP contribution in [0.4, 0.5) is 0 Å². The van der Waals surface area contributed by atoms with Crippen LogP contribution in [-0.4, -0.2) is 34.9 Å². The first kappa shape index (κ1) is 12.4. The van der Waals surface area contributed by atoms with Crippen molar-refractivity contribution in [3.8, 4) is 28.5 Å². The Bertz CT molecular complexity index is 881. The van der Waals surface area contributed by atoms with Crippen molar-refractivity contribution in [1.29, 1.82) is 0 Å². The van der Waals surface area contributed by atoms with E-state index >= 15 is 0 Å². The van der Waals surface area contributed by atoms with E-state index in [0.717, 1.165) is 22.6 Å². The molecule has 0 aliphatic rings. The van der Waals surface area contributed by atoms with Gasteiger partial charge in [0.1, 0.15) is 12.0 Å². The summed E-state index contributed by atoms with van der Waals surface area (Å²) in [7, 11) is 0. The van der Waals surface area contributed by atoms with Crippen LogP contribution in [0, 0.1) is 0 Å². The predicted octanol–water partition coefficient (Wildman–Crippen LogP) is 2.11. The Morgan fingerprint density at radius 3 is 2.77 bits per heavy atom. The highest BCUT2D eigenvalue weighted by Gasteiger charge is 2.08. The van der Waals surface area contributed by atoms with Gasteiger partial charge in [-0.2, -0.15) is 10.2 Å². The molecule has 0 aromatic carbocycles. The molecule has 106 valence electrons. The smallest absolute Gasteiger partial charge is 0.174 e. The van der Waals surface area contributed by atoms with Crippen molar-refractivity contribution in [1.82, 2.24) is 34.9 Å². The molecule has 0 radical (unpaired) electrons. The van der Waals surface area contributed by atoms with E-state index in [4.69, 9.17) is 0 Å². The zero-order valence-electron chi connectivity index (χ0n) is 11.5. The van der Waals surface area contributed by atoms with Crippen LogP contribution in [0.25, 0.3) is 28.5 Å². The number of aromatic amines is 1. The molecule has 0 aliphatic heterocycles. The highest BCUT2D eigenvalue weighted by molar-refractivity contribution is 5.61.